The number of fused-ring (bicyclic) bond motifs is 7. The summed E-state index contributed by atoms with van der Waals surface area (Å²) >= 11 is 0. The van der Waals surface area contributed by atoms with Crippen LogP contribution in [0.2, 0.25) is 0 Å². The molecule has 10 aliphatic rings. The Balaban J connectivity index is 0.921. The summed E-state index contributed by atoms with van der Waals surface area (Å²) in [5, 5.41) is 2.51. The van der Waals surface area contributed by atoms with Crippen LogP contribution in [0.15, 0.2) is 319 Å². The van der Waals surface area contributed by atoms with Crippen LogP contribution in [0, 0.1) is 40.4 Å². The van der Waals surface area contributed by atoms with Gasteiger partial charge in [0.15, 0.2) is 0 Å². The molecular formula is C99H85BN4. The lowest BCUT2D eigenvalue weighted by atomic mass is 9.33. The summed E-state index contributed by atoms with van der Waals surface area (Å²) in [4.78, 5) is 8.56. The fraction of sp³-hybridized carbons (Fsp3) is 0.212. The first kappa shape index (κ1) is 61.8. The van der Waals surface area contributed by atoms with Crippen molar-refractivity contribution in [3.63, 3.8) is 0 Å². The molecule has 104 heavy (non-hydrogen) atoms. The van der Waals surface area contributed by atoms with Crippen LogP contribution in [0.5, 0.6) is 0 Å². The highest BCUT2D eigenvalue weighted by molar-refractivity contribution is 7.00. The molecule has 2 saturated heterocycles. The van der Waals surface area contributed by atoms with E-state index in [0.29, 0.717) is 23.9 Å². The molecule has 6 aliphatic carbocycles. The topological polar surface area (TPSA) is 14.7 Å². The fourth-order valence-corrected chi connectivity index (χ4v) is 21.0. The van der Waals surface area contributed by atoms with Crippen LogP contribution in [0.1, 0.15) is 85.6 Å². The Kier molecular flexibility index (Phi) is 13.8. The maximum Gasteiger partial charge on any atom is 0.252 e. The predicted octanol–water partition coefficient (Wildman–Crippen LogP) is 23.7. The summed E-state index contributed by atoms with van der Waals surface area (Å²) in [5.41, 5.74) is 35.5. The summed E-state index contributed by atoms with van der Waals surface area (Å²) in [6, 6.07) is 99.1. The van der Waals surface area contributed by atoms with Crippen molar-refractivity contribution in [1.82, 2.24) is 4.57 Å². The number of benzene rings is 11. The number of para-hydroxylation sites is 4. The molecule has 22 rings (SSSR count). The van der Waals surface area contributed by atoms with Crippen LogP contribution in [-0.2, 0) is 0 Å². The van der Waals surface area contributed by atoms with Gasteiger partial charge in [-0.25, -0.2) is 0 Å². The third-order valence-electron chi connectivity index (χ3n) is 25.5. The third-order valence-corrected chi connectivity index (χ3v) is 25.5. The SMILES string of the molecule is CC(C)(C)C1=CC2=C(c3ccc4c(c3)B3c5ccc(-n6c7ccccc7c7ccccc76)cc5N(c5c(-c6ccccc6)cccc5-c5ccccc5)c5cc(N6C7CC8CC(C7)CC6C8)cc(c53)N4c3c(-c4ccccc4)cccc3-c3ccccc3)C=C3C=C(C(C)(C)C)CC4C=CC(=C1)C2C34. The first-order valence-corrected chi connectivity index (χ1v) is 38.4. The molecule has 5 heterocycles. The number of piperidine rings is 2. The molecule has 0 radical (unpaired) electrons. The highest BCUT2D eigenvalue weighted by Gasteiger charge is 2.51. The van der Waals surface area contributed by atoms with Crippen molar-refractivity contribution in [2.75, 3.05) is 14.7 Å². The van der Waals surface area contributed by atoms with E-state index in [1.54, 1.807) is 5.57 Å². The van der Waals surface area contributed by atoms with Crippen LogP contribution in [0.25, 0.3) is 77.6 Å². The van der Waals surface area contributed by atoms with E-state index in [0.717, 1.165) is 23.9 Å². The Hall–Kier alpha value is -10.9. The predicted molar refractivity (Wildman–Crippen MR) is 439 cm³/mol. The average Bonchev–Trinajstić information content (AvgIpc) is 0.765. The largest absolute Gasteiger partial charge is 0.365 e. The lowest BCUT2D eigenvalue weighted by molar-refractivity contribution is 0.0900. The standard InChI is InChI=1S/C99H85BN4/c1-98(2,3)71-52-68-41-42-69-53-72(99(4,5)6)57-84-83(55-70(54-71)93(68)94(69)84)67-43-46-89-86(56-67)100-85-45-44-73(102-87-39-21-19-33-81(87)82-34-20-22-40-88(82)102)58-90(85)104(97-79(65-29-15-9-16-30-65)37-24-38-80(97)66-31-17-10-18-32-66)92-60-76(101-74-48-61-47-62(50-74)51-75(101)49-61)59-91(95(92)100)103(89)96-77(63-25-11-7-12-26-63)35-23-36-78(96)64-27-13-8-14-28-64/h7-46,53-62,68,74-75,93-94H,47-52H2,1-6H3. The molecule has 0 amide bonds. The Labute approximate surface area is 613 Å². The van der Waals surface area contributed by atoms with Gasteiger partial charge in [-0.15, -0.1) is 0 Å². The molecule has 11 aromatic carbocycles. The molecule has 3 atom stereocenters. The van der Waals surface area contributed by atoms with Crippen molar-refractivity contribution in [3.05, 3.63) is 325 Å². The number of allylic oxidation sites excluding steroid dienone is 12. The second-order valence-electron chi connectivity index (χ2n) is 33.5. The van der Waals surface area contributed by atoms with E-state index in [2.05, 4.69) is 352 Å². The zero-order valence-corrected chi connectivity index (χ0v) is 60.4. The van der Waals surface area contributed by atoms with Gasteiger partial charge >= 0.3 is 0 Å². The Morgan fingerprint density at radius 2 is 0.904 bits per heavy atom. The van der Waals surface area contributed by atoms with E-state index in [1.807, 2.05) is 0 Å². The molecule has 12 aromatic rings. The maximum atomic E-state index is 2.97. The van der Waals surface area contributed by atoms with Crippen molar-refractivity contribution in [1.29, 1.82) is 0 Å². The summed E-state index contributed by atoms with van der Waals surface area (Å²) in [5.74, 6) is 2.63. The smallest absolute Gasteiger partial charge is 0.252 e. The minimum Gasteiger partial charge on any atom is -0.365 e. The second kappa shape index (κ2) is 23.3. The van der Waals surface area contributed by atoms with Gasteiger partial charge in [-0.2, -0.15) is 0 Å². The molecule has 2 saturated carbocycles. The number of rotatable bonds is 9. The first-order chi connectivity index (χ1) is 50.8. The molecule has 4 aliphatic heterocycles. The monoisotopic (exact) mass is 1340 g/mol. The molecule has 5 heteroatoms. The molecule has 0 N–H and O–H groups in total. The molecule has 1 aromatic heterocycles. The summed E-state index contributed by atoms with van der Waals surface area (Å²) < 4.78 is 2.54. The highest BCUT2D eigenvalue weighted by atomic mass is 15.2. The van der Waals surface area contributed by atoms with Gasteiger partial charge < -0.3 is 19.3 Å². The fourth-order valence-electron chi connectivity index (χ4n) is 21.0. The lowest BCUT2D eigenvalue weighted by Gasteiger charge is -2.58. The molecule has 504 valence electrons. The van der Waals surface area contributed by atoms with Gasteiger partial charge in [-0.1, -0.05) is 296 Å². The maximum absolute atomic E-state index is 2.97. The van der Waals surface area contributed by atoms with Gasteiger partial charge in [0.1, 0.15) is 0 Å². The normalized spacial score (nSPS) is 21.7. The van der Waals surface area contributed by atoms with Crippen molar-refractivity contribution >= 4 is 90.3 Å². The highest BCUT2D eigenvalue weighted by Crippen LogP contribution is 2.60. The second-order valence-corrected chi connectivity index (χ2v) is 33.5. The number of anilines is 7. The van der Waals surface area contributed by atoms with E-state index in [9.17, 15) is 0 Å². The van der Waals surface area contributed by atoms with Gasteiger partial charge in [0.05, 0.1) is 22.4 Å². The van der Waals surface area contributed by atoms with Crippen LogP contribution >= 0.6 is 0 Å². The minimum atomic E-state index is -0.207. The van der Waals surface area contributed by atoms with E-state index < -0.39 is 0 Å². The van der Waals surface area contributed by atoms with E-state index >= 15 is 0 Å². The van der Waals surface area contributed by atoms with Crippen molar-refractivity contribution in [2.45, 2.75) is 92.2 Å². The zero-order chi connectivity index (χ0) is 69.4. The number of nitrogens with zero attached hydrogens (tertiary/aromatic N) is 4. The van der Waals surface area contributed by atoms with E-state index in [1.165, 1.54) is 188 Å². The molecule has 0 spiro atoms. The number of hydrogen-bond acceptors (Lipinski definition) is 3. The zero-order valence-electron chi connectivity index (χ0n) is 60.4. The molecule has 4 fully saturated rings. The van der Waals surface area contributed by atoms with Crippen molar-refractivity contribution in [2.24, 2.45) is 40.4 Å². The van der Waals surface area contributed by atoms with Crippen LogP contribution in [0.3, 0.4) is 0 Å². The van der Waals surface area contributed by atoms with Crippen LogP contribution < -0.4 is 31.1 Å². The Bertz CT molecular complexity index is 5570. The van der Waals surface area contributed by atoms with Gasteiger partial charge in [-0.3, -0.25) is 0 Å². The van der Waals surface area contributed by atoms with Gasteiger partial charge in [-0.05, 0) is 182 Å². The van der Waals surface area contributed by atoms with E-state index in [-0.39, 0.29) is 23.5 Å². The lowest BCUT2D eigenvalue weighted by Crippen LogP contribution is -2.62. The Morgan fingerprint density at radius 3 is 1.43 bits per heavy atom. The molecular weight excluding hydrogens is 1260 g/mol. The molecule has 4 bridgehead atoms. The summed E-state index contributed by atoms with van der Waals surface area (Å²) in [6.45, 7) is 14.3. The van der Waals surface area contributed by atoms with Gasteiger partial charge in [0, 0.05) is 91.1 Å². The Morgan fingerprint density at radius 1 is 0.394 bits per heavy atom. The summed E-state index contributed by atoms with van der Waals surface area (Å²) in [6.07, 6.45) is 23.1. The average molecular weight is 1340 g/mol. The number of aromatic nitrogens is 1. The van der Waals surface area contributed by atoms with Crippen LogP contribution in [-0.4, -0.2) is 23.4 Å². The number of hydrogen-bond donors (Lipinski definition) is 0. The molecule has 3 unspecified atom stereocenters. The first-order valence-electron chi connectivity index (χ1n) is 38.4. The minimum absolute atomic E-state index is 0.0426. The van der Waals surface area contributed by atoms with Crippen molar-refractivity contribution < 1.29 is 0 Å². The third kappa shape index (κ3) is 9.57. The quantitative estimate of drug-likeness (QED) is 0.134. The van der Waals surface area contributed by atoms with Crippen molar-refractivity contribution in [3.8, 4) is 50.2 Å². The summed E-state index contributed by atoms with van der Waals surface area (Å²) in [7, 11) is 0. The van der Waals surface area contributed by atoms with Gasteiger partial charge in [0.2, 0.25) is 0 Å². The van der Waals surface area contributed by atoms with Crippen LogP contribution in [0.4, 0.5) is 39.8 Å². The molecule has 4 nitrogen and oxygen atoms in total. The van der Waals surface area contributed by atoms with Gasteiger partial charge in [0.25, 0.3) is 6.71 Å². The van der Waals surface area contributed by atoms with E-state index in [4.69, 9.17) is 0 Å².